The van der Waals surface area contributed by atoms with Crippen LogP contribution in [0.25, 0.3) is 33.4 Å². The fourth-order valence-electron chi connectivity index (χ4n) is 9.43. The van der Waals surface area contributed by atoms with Gasteiger partial charge >= 0.3 is 0 Å². The molecule has 0 N–H and O–H groups in total. The maximum absolute atomic E-state index is 2.53. The van der Waals surface area contributed by atoms with Crippen molar-refractivity contribution in [3.63, 3.8) is 0 Å². The van der Waals surface area contributed by atoms with Crippen molar-refractivity contribution in [2.75, 3.05) is 4.90 Å². The van der Waals surface area contributed by atoms with E-state index in [1.807, 2.05) is 0 Å². The first-order valence-electron chi connectivity index (χ1n) is 18.6. The van der Waals surface area contributed by atoms with Crippen LogP contribution in [0.3, 0.4) is 0 Å². The zero-order valence-electron chi connectivity index (χ0n) is 30.0. The van der Waals surface area contributed by atoms with Gasteiger partial charge in [0.2, 0.25) is 0 Å². The third-order valence-electron chi connectivity index (χ3n) is 11.8. The average Bonchev–Trinajstić information content (AvgIpc) is 3.65. The number of hydrogen-bond acceptors (Lipinski definition) is 1. The smallest absolute Gasteiger partial charge is 0.0714 e. The lowest BCUT2D eigenvalue weighted by atomic mass is 9.68. The van der Waals surface area contributed by atoms with E-state index in [4.69, 9.17) is 0 Å². The van der Waals surface area contributed by atoms with Gasteiger partial charge in [-0.3, -0.25) is 0 Å². The van der Waals surface area contributed by atoms with Gasteiger partial charge in [-0.1, -0.05) is 190 Å². The number of nitrogens with zero attached hydrogens (tertiary/aromatic N) is 1. The van der Waals surface area contributed by atoms with E-state index >= 15 is 0 Å². The first kappa shape index (κ1) is 31.3. The Bertz CT molecular complexity index is 2600. The molecule has 0 spiro atoms. The summed E-state index contributed by atoms with van der Waals surface area (Å²) in [5.41, 5.74) is 18.3. The van der Waals surface area contributed by atoms with Crippen LogP contribution in [-0.4, -0.2) is 0 Å². The lowest BCUT2D eigenvalue weighted by Gasteiger charge is -2.35. The number of para-hydroxylation sites is 1. The predicted molar refractivity (Wildman–Crippen MR) is 221 cm³/mol. The van der Waals surface area contributed by atoms with Gasteiger partial charge in [0.05, 0.1) is 16.8 Å². The molecule has 1 heteroatoms. The minimum Gasteiger partial charge on any atom is -0.309 e. The summed E-state index contributed by atoms with van der Waals surface area (Å²) in [6, 6.07) is 73.9. The van der Waals surface area contributed by atoms with E-state index in [9.17, 15) is 0 Å². The van der Waals surface area contributed by atoms with Gasteiger partial charge in [-0.15, -0.1) is 0 Å². The maximum atomic E-state index is 2.53. The standard InChI is InChI=1S/C52H39N/c1-51(2)44-28-15-12-26-41(44)42-34-33-39(35-47(42)51)53(48-31-17-14-25-40(48)36-19-6-3-7-20-36)49-32-18-30-46-50(49)43-27-13-16-29-45(43)52(46,37-21-8-4-9-22-37)38-23-10-5-11-24-38/h3-35H,1-2H3. The predicted octanol–water partition coefficient (Wildman–Crippen LogP) is 13.5. The summed E-state index contributed by atoms with van der Waals surface area (Å²) in [5, 5.41) is 0. The quantitative estimate of drug-likeness (QED) is 0.169. The molecule has 0 amide bonds. The molecule has 0 aliphatic heterocycles. The summed E-state index contributed by atoms with van der Waals surface area (Å²) < 4.78 is 0. The number of anilines is 3. The Labute approximate surface area is 312 Å². The topological polar surface area (TPSA) is 3.24 Å². The summed E-state index contributed by atoms with van der Waals surface area (Å²) in [4.78, 5) is 2.53. The molecule has 2 aliphatic carbocycles. The van der Waals surface area contributed by atoms with Gasteiger partial charge in [0.15, 0.2) is 0 Å². The van der Waals surface area contributed by atoms with Crippen molar-refractivity contribution in [2.24, 2.45) is 0 Å². The van der Waals surface area contributed by atoms with E-state index in [0.29, 0.717) is 0 Å². The summed E-state index contributed by atoms with van der Waals surface area (Å²) in [6.07, 6.45) is 0. The number of benzene rings is 8. The van der Waals surface area contributed by atoms with Crippen LogP contribution < -0.4 is 4.90 Å². The second-order valence-electron chi connectivity index (χ2n) is 14.8. The molecule has 0 saturated carbocycles. The Morgan fingerprint density at radius 3 is 1.57 bits per heavy atom. The Kier molecular flexibility index (Phi) is 7.13. The number of fused-ring (bicyclic) bond motifs is 6. The molecule has 0 unspecified atom stereocenters. The molecule has 10 rings (SSSR count). The fraction of sp³-hybridized carbons (Fsp3) is 0.0769. The minimum atomic E-state index is -0.489. The summed E-state index contributed by atoms with van der Waals surface area (Å²) in [6.45, 7) is 4.74. The van der Waals surface area contributed by atoms with E-state index < -0.39 is 5.41 Å². The molecule has 8 aromatic rings. The van der Waals surface area contributed by atoms with Crippen LogP contribution in [-0.2, 0) is 10.8 Å². The fourth-order valence-corrected chi connectivity index (χ4v) is 9.43. The van der Waals surface area contributed by atoms with Crippen molar-refractivity contribution in [3.05, 3.63) is 234 Å². The van der Waals surface area contributed by atoms with Gasteiger partial charge in [-0.25, -0.2) is 0 Å². The van der Waals surface area contributed by atoms with Gasteiger partial charge in [0, 0.05) is 22.2 Å². The molecule has 0 atom stereocenters. The van der Waals surface area contributed by atoms with Crippen molar-refractivity contribution in [1.29, 1.82) is 0 Å². The molecular weight excluding hydrogens is 639 g/mol. The highest BCUT2D eigenvalue weighted by atomic mass is 15.1. The second-order valence-corrected chi connectivity index (χ2v) is 14.8. The van der Waals surface area contributed by atoms with Crippen molar-refractivity contribution in [2.45, 2.75) is 24.7 Å². The Morgan fingerprint density at radius 2 is 0.868 bits per heavy atom. The van der Waals surface area contributed by atoms with Crippen LogP contribution in [0.2, 0.25) is 0 Å². The molecule has 252 valence electrons. The van der Waals surface area contributed by atoms with Crippen molar-refractivity contribution in [3.8, 4) is 33.4 Å². The van der Waals surface area contributed by atoms with Crippen LogP contribution in [0.4, 0.5) is 17.1 Å². The van der Waals surface area contributed by atoms with Crippen LogP contribution in [0.1, 0.15) is 47.2 Å². The molecule has 0 heterocycles. The van der Waals surface area contributed by atoms with Crippen LogP contribution >= 0.6 is 0 Å². The van der Waals surface area contributed by atoms with Crippen LogP contribution in [0, 0.1) is 0 Å². The lowest BCUT2D eigenvalue weighted by molar-refractivity contribution is 0.660. The van der Waals surface area contributed by atoms with E-state index in [2.05, 4.69) is 219 Å². The highest BCUT2D eigenvalue weighted by molar-refractivity contribution is 6.00. The normalized spacial score (nSPS) is 14.2. The van der Waals surface area contributed by atoms with Gasteiger partial charge in [0.25, 0.3) is 0 Å². The molecular formula is C52H39N. The summed E-state index contributed by atoms with van der Waals surface area (Å²) in [7, 11) is 0. The molecule has 0 fully saturated rings. The van der Waals surface area contributed by atoms with Crippen LogP contribution in [0.15, 0.2) is 200 Å². The third-order valence-corrected chi connectivity index (χ3v) is 11.8. The van der Waals surface area contributed by atoms with Gasteiger partial charge in [-0.2, -0.15) is 0 Å². The maximum Gasteiger partial charge on any atom is 0.0714 e. The Morgan fingerprint density at radius 1 is 0.358 bits per heavy atom. The highest BCUT2D eigenvalue weighted by Gasteiger charge is 2.47. The molecule has 53 heavy (non-hydrogen) atoms. The lowest BCUT2D eigenvalue weighted by Crippen LogP contribution is -2.28. The summed E-state index contributed by atoms with van der Waals surface area (Å²) in [5.74, 6) is 0. The number of rotatable bonds is 6. The zero-order valence-corrected chi connectivity index (χ0v) is 30.0. The Hall–Kier alpha value is -6.44. The van der Waals surface area contributed by atoms with Gasteiger partial charge in [-0.05, 0) is 79.9 Å². The summed E-state index contributed by atoms with van der Waals surface area (Å²) >= 11 is 0. The van der Waals surface area contributed by atoms with Crippen molar-refractivity contribution < 1.29 is 0 Å². The molecule has 8 aromatic carbocycles. The van der Waals surface area contributed by atoms with Crippen molar-refractivity contribution >= 4 is 17.1 Å². The second kappa shape index (κ2) is 12.1. The van der Waals surface area contributed by atoms with Gasteiger partial charge in [0.1, 0.15) is 0 Å². The molecule has 0 saturated heterocycles. The molecule has 0 bridgehead atoms. The van der Waals surface area contributed by atoms with Gasteiger partial charge < -0.3 is 4.90 Å². The molecule has 1 nitrogen and oxygen atoms in total. The van der Waals surface area contributed by atoms with Crippen molar-refractivity contribution in [1.82, 2.24) is 0 Å². The average molecular weight is 678 g/mol. The molecule has 2 aliphatic rings. The van der Waals surface area contributed by atoms with E-state index in [-0.39, 0.29) is 5.41 Å². The zero-order chi connectivity index (χ0) is 35.6. The first-order chi connectivity index (χ1) is 26.1. The minimum absolute atomic E-state index is 0.131. The largest absolute Gasteiger partial charge is 0.309 e. The Balaban J connectivity index is 1.30. The highest BCUT2D eigenvalue weighted by Crippen LogP contribution is 2.60. The third kappa shape index (κ3) is 4.57. The van der Waals surface area contributed by atoms with E-state index in [1.165, 1.54) is 72.4 Å². The molecule has 0 aromatic heterocycles. The SMILES string of the molecule is CC1(C)c2ccccc2-c2ccc(N(c3ccccc3-c3ccccc3)c3cccc4c3-c3ccccc3C4(c3ccccc3)c3ccccc3)cc21. The van der Waals surface area contributed by atoms with Crippen LogP contribution in [0.5, 0.6) is 0 Å². The number of hydrogen-bond donors (Lipinski definition) is 0. The van der Waals surface area contributed by atoms with E-state index in [0.717, 1.165) is 11.4 Å². The molecule has 0 radical (unpaired) electrons. The first-order valence-corrected chi connectivity index (χ1v) is 18.6. The van der Waals surface area contributed by atoms with E-state index in [1.54, 1.807) is 0 Å². The monoisotopic (exact) mass is 677 g/mol.